The molecule has 3 N–H and O–H groups in total. The van der Waals surface area contributed by atoms with Gasteiger partial charge in [-0.3, -0.25) is 14.3 Å². The summed E-state index contributed by atoms with van der Waals surface area (Å²) in [5.41, 5.74) is 5.46. The monoisotopic (exact) mass is 447 g/mol. The molecule has 1 aromatic heterocycles. The van der Waals surface area contributed by atoms with Gasteiger partial charge in [0, 0.05) is 37.8 Å². The maximum Gasteiger partial charge on any atom is 0.247 e. The standard InChI is InChI=1S/C25H29N5O3/c1-14-16-4-5-17(16)22(20-7-10-26-30(20)2)29-21(14)23(31)27-15-3-6-18-19(13-15)28-24(32)25(18)8-11-33-12-9-25/h3,6-7,10,13-14,16,21,29H,4-5,8-9,11-12H2,1-2H3,(H,27,31)(H,28,32). The normalized spacial score (nSPS) is 27.3. The molecule has 0 bridgehead atoms. The van der Waals surface area contributed by atoms with Crippen LogP contribution in [0.5, 0.6) is 0 Å². The second-order valence-electron chi connectivity index (χ2n) is 9.76. The van der Waals surface area contributed by atoms with E-state index in [0.29, 0.717) is 37.7 Å². The minimum atomic E-state index is -0.501. The molecule has 8 heteroatoms. The number of ether oxygens (including phenoxy) is 1. The summed E-state index contributed by atoms with van der Waals surface area (Å²) in [5, 5.41) is 14.0. The summed E-state index contributed by atoms with van der Waals surface area (Å²) >= 11 is 0. The molecule has 1 aromatic carbocycles. The zero-order chi connectivity index (χ0) is 22.7. The first-order chi connectivity index (χ1) is 16.0. The van der Waals surface area contributed by atoms with Gasteiger partial charge in [0.25, 0.3) is 0 Å². The van der Waals surface area contributed by atoms with E-state index < -0.39 is 5.41 Å². The molecular formula is C25H29N5O3. The van der Waals surface area contributed by atoms with E-state index in [-0.39, 0.29) is 23.8 Å². The van der Waals surface area contributed by atoms with Crippen molar-refractivity contribution in [2.45, 2.75) is 44.1 Å². The number of anilines is 2. The summed E-state index contributed by atoms with van der Waals surface area (Å²) < 4.78 is 7.34. The van der Waals surface area contributed by atoms with Crippen molar-refractivity contribution in [3.8, 4) is 0 Å². The first kappa shape index (κ1) is 20.5. The Kier molecular flexibility index (Phi) is 4.62. The van der Waals surface area contributed by atoms with Crippen LogP contribution in [-0.2, 0) is 26.8 Å². The second kappa shape index (κ2) is 7.45. The average molecular weight is 448 g/mol. The van der Waals surface area contributed by atoms with Crippen LogP contribution in [-0.4, -0.2) is 40.9 Å². The van der Waals surface area contributed by atoms with Gasteiger partial charge in [-0.2, -0.15) is 5.10 Å². The van der Waals surface area contributed by atoms with Crippen LogP contribution in [0, 0.1) is 11.8 Å². The lowest BCUT2D eigenvalue weighted by Crippen LogP contribution is -2.52. The van der Waals surface area contributed by atoms with Crippen molar-refractivity contribution in [2.24, 2.45) is 18.9 Å². The van der Waals surface area contributed by atoms with Crippen molar-refractivity contribution < 1.29 is 14.3 Å². The van der Waals surface area contributed by atoms with E-state index in [1.54, 1.807) is 6.20 Å². The molecule has 172 valence electrons. The molecule has 8 nitrogen and oxygen atoms in total. The number of nitrogens with one attached hydrogen (secondary N) is 3. The molecule has 1 saturated heterocycles. The Bertz CT molecular complexity index is 1180. The molecule has 1 saturated carbocycles. The summed E-state index contributed by atoms with van der Waals surface area (Å²) in [6.07, 6.45) is 5.34. The fourth-order valence-electron chi connectivity index (χ4n) is 6.06. The quantitative estimate of drug-likeness (QED) is 0.672. The van der Waals surface area contributed by atoms with E-state index in [0.717, 1.165) is 35.5 Å². The lowest BCUT2D eigenvalue weighted by Gasteiger charge is -2.45. The van der Waals surface area contributed by atoms with Gasteiger partial charge >= 0.3 is 0 Å². The van der Waals surface area contributed by atoms with Crippen LogP contribution in [0.2, 0.25) is 0 Å². The third kappa shape index (κ3) is 3.04. The van der Waals surface area contributed by atoms with Crippen LogP contribution in [0.3, 0.4) is 0 Å². The van der Waals surface area contributed by atoms with Gasteiger partial charge in [0.05, 0.1) is 16.8 Å². The molecule has 2 amide bonds. The molecule has 0 radical (unpaired) electrons. The highest BCUT2D eigenvalue weighted by Gasteiger charge is 2.48. The molecule has 33 heavy (non-hydrogen) atoms. The summed E-state index contributed by atoms with van der Waals surface area (Å²) in [6, 6.07) is 7.43. The fraction of sp³-hybridized carbons (Fsp3) is 0.480. The van der Waals surface area contributed by atoms with Crippen molar-refractivity contribution in [3.63, 3.8) is 0 Å². The van der Waals surface area contributed by atoms with Gasteiger partial charge in [0.15, 0.2) is 0 Å². The van der Waals surface area contributed by atoms with Gasteiger partial charge in [-0.05, 0) is 66.9 Å². The van der Waals surface area contributed by atoms with Crippen LogP contribution in [0.15, 0.2) is 36.0 Å². The molecule has 4 heterocycles. The number of fused-ring (bicyclic) bond motifs is 3. The summed E-state index contributed by atoms with van der Waals surface area (Å²) in [4.78, 5) is 26.2. The molecule has 3 unspecified atom stereocenters. The predicted octanol–water partition coefficient (Wildman–Crippen LogP) is 2.79. The van der Waals surface area contributed by atoms with Crippen molar-refractivity contribution in [1.29, 1.82) is 0 Å². The maximum absolute atomic E-state index is 13.4. The Labute approximate surface area is 192 Å². The molecule has 6 rings (SSSR count). The summed E-state index contributed by atoms with van der Waals surface area (Å²) in [5.74, 6) is 0.596. The Morgan fingerprint density at radius 1 is 1.27 bits per heavy atom. The summed E-state index contributed by atoms with van der Waals surface area (Å²) in [7, 11) is 1.93. The molecule has 1 spiro atoms. The largest absolute Gasteiger partial charge is 0.381 e. The van der Waals surface area contributed by atoms with E-state index >= 15 is 0 Å². The summed E-state index contributed by atoms with van der Waals surface area (Å²) in [6.45, 7) is 3.33. The number of aryl methyl sites for hydroxylation is 1. The number of hydrogen-bond donors (Lipinski definition) is 3. The number of allylic oxidation sites excluding steroid dienone is 1. The average Bonchev–Trinajstić information content (AvgIpc) is 3.31. The van der Waals surface area contributed by atoms with Crippen molar-refractivity contribution in [3.05, 3.63) is 47.3 Å². The highest BCUT2D eigenvalue weighted by atomic mass is 16.5. The topological polar surface area (TPSA) is 97.3 Å². The molecular weight excluding hydrogens is 418 g/mol. The van der Waals surface area contributed by atoms with Gasteiger partial charge in [-0.1, -0.05) is 13.0 Å². The molecule has 4 aliphatic rings. The number of amides is 2. The first-order valence-corrected chi connectivity index (χ1v) is 11.8. The van der Waals surface area contributed by atoms with E-state index in [4.69, 9.17) is 4.74 Å². The third-order valence-electron chi connectivity index (χ3n) is 8.15. The number of carbonyl (C=O) groups is 2. The van der Waals surface area contributed by atoms with E-state index in [9.17, 15) is 9.59 Å². The minimum absolute atomic E-state index is 0.0373. The highest BCUT2D eigenvalue weighted by Crippen LogP contribution is 2.48. The lowest BCUT2D eigenvalue weighted by molar-refractivity contribution is -0.124. The van der Waals surface area contributed by atoms with Crippen LogP contribution in [0.25, 0.3) is 5.70 Å². The van der Waals surface area contributed by atoms with Gasteiger partial charge in [0.2, 0.25) is 11.8 Å². The first-order valence-electron chi connectivity index (χ1n) is 11.8. The zero-order valence-electron chi connectivity index (χ0n) is 19.0. The molecule has 2 aromatic rings. The second-order valence-corrected chi connectivity index (χ2v) is 9.76. The smallest absolute Gasteiger partial charge is 0.247 e. The number of nitrogens with zero attached hydrogens (tertiary/aromatic N) is 2. The van der Waals surface area contributed by atoms with Gasteiger partial charge in [0.1, 0.15) is 6.04 Å². The number of hydrogen-bond acceptors (Lipinski definition) is 5. The van der Waals surface area contributed by atoms with Crippen molar-refractivity contribution >= 4 is 28.9 Å². The SMILES string of the molecule is CC1C2CCC2=C(c2ccnn2C)NC1C(=O)Nc1ccc2c(c1)NC(=O)C21CCOCC1. The van der Waals surface area contributed by atoms with Gasteiger partial charge < -0.3 is 20.7 Å². The van der Waals surface area contributed by atoms with E-state index in [1.165, 1.54) is 5.57 Å². The Hall–Kier alpha value is -3.13. The molecule has 1 aliphatic carbocycles. The van der Waals surface area contributed by atoms with Crippen molar-refractivity contribution in [1.82, 2.24) is 15.1 Å². The Morgan fingerprint density at radius 3 is 2.79 bits per heavy atom. The van der Waals surface area contributed by atoms with Crippen LogP contribution < -0.4 is 16.0 Å². The minimum Gasteiger partial charge on any atom is -0.381 e. The third-order valence-corrected chi connectivity index (χ3v) is 8.15. The fourth-order valence-corrected chi connectivity index (χ4v) is 6.06. The Morgan fingerprint density at radius 2 is 2.09 bits per heavy atom. The highest BCUT2D eigenvalue weighted by molar-refractivity contribution is 6.07. The molecule has 3 aliphatic heterocycles. The van der Waals surface area contributed by atoms with Gasteiger partial charge in [-0.15, -0.1) is 0 Å². The molecule has 3 atom stereocenters. The number of rotatable bonds is 3. The van der Waals surface area contributed by atoms with Crippen molar-refractivity contribution in [2.75, 3.05) is 23.8 Å². The van der Waals surface area contributed by atoms with Crippen LogP contribution >= 0.6 is 0 Å². The van der Waals surface area contributed by atoms with E-state index in [2.05, 4.69) is 28.0 Å². The van der Waals surface area contributed by atoms with E-state index in [1.807, 2.05) is 36.0 Å². The zero-order valence-corrected chi connectivity index (χ0v) is 19.0. The maximum atomic E-state index is 13.4. The van der Waals surface area contributed by atoms with Crippen LogP contribution in [0.4, 0.5) is 11.4 Å². The number of carbonyl (C=O) groups excluding carboxylic acids is 2. The molecule has 2 fully saturated rings. The lowest BCUT2D eigenvalue weighted by atomic mass is 9.66. The van der Waals surface area contributed by atoms with Crippen LogP contribution in [0.1, 0.15) is 43.9 Å². The Balaban J connectivity index is 1.24. The number of benzene rings is 1. The number of aromatic nitrogens is 2. The van der Waals surface area contributed by atoms with Gasteiger partial charge in [-0.25, -0.2) is 0 Å². The predicted molar refractivity (Wildman–Crippen MR) is 124 cm³/mol.